The van der Waals surface area contributed by atoms with Crippen molar-refractivity contribution in [2.24, 2.45) is 11.8 Å². The van der Waals surface area contributed by atoms with Crippen molar-refractivity contribution in [3.05, 3.63) is 42.0 Å². The SMILES string of the molecule is O=C(C[C@@H]1C=CCC1)NCc1ccc(NC(=O)C2CC2)cc1. The normalized spacial score (nSPS) is 19.9. The van der Waals surface area contributed by atoms with Crippen LogP contribution in [0.4, 0.5) is 5.69 Å². The summed E-state index contributed by atoms with van der Waals surface area (Å²) in [5.41, 5.74) is 1.86. The first-order chi connectivity index (χ1) is 10.7. The second kappa shape index (κ2) is 6.77. The van der Waals surface area contributed by atoms with Crippen LogP contribution in [0.15, 0.2) is 36.4 Å². The molecular formula is C18H22N2O2. The number of carbonyl (C=O) groups is 2. The molecule has 0 heterocycles. The Bertz CT molecular complexity index is 573. The molecule has 4 heteroatoms. The monoisotopic (exact) mass is 298 g/mol. The lowest BCUT2D eigenvalue weighted by molar-refractivity contribution is -0.122. The van der Waals surface area contributed by atoms with Crippen LogP contribution < -0.4 is 10.6 Å². The van der Waals surface area contributed by atoms with E-state index in [1.165, 1.54) is 0 Å². The third kappa shape index (κ3) is 4.20. The average molecular weight is 298 g/mol. The number of hydrogen-bond donors (Lipinski definition) is 2. The van der Waals surface area contributed by atoms with Gasteiger partial charge >= 0.3 is 0 Å². The fourth-order valence-corrected chi connectivity index (χ4v) is 2.67. The summed E-state index contributed by atoms with van der Waals surface area (Å²) >= 11 is 0. The molecule has 0 unspecified atom stereocenters. The van der Waals surface area contributed by atoms with Gasteiger partial charge in [0.1, 0.15) is 0 Å². The minimum Gasteiger partial charge on any atom is -0.352 e. The summed E-state index contributed by atoms with van der Waals surface area (Å²) in [7, 11) is 0. The van der Waals surface area contributed by atoms with Gasteiger partial charge in [-0.15, -0.1) is 0 Å². The van der Waals surface area contributed by atoms with Crippen molar-refractivity contribution < 1.29 is 9.59 Å². The van der Waals surface area contributed by atoms with Gasteiger partial charge < -0.3 is 10.6 Å². The lowest BCUT2D eigenvalue weighted by Gasteiger charge is -2.09. The van der Waals surface area contributed by atoms with E-state index in [4.69, 9.17) is 0 Å². The van der Waals surface area contributed by atoms with Gasteiger partial charge in [0.15, 0.2) is 0 Å². The Morgan fingerprint density at radius 1 is 1.09 bits per heavy atom. The Hall–Kier alpha value is -2.10. The molecule has 22 heavy (non-hydrogen) atoms. The fourth-order valence-electron chi connectivity index (χ4n) is 2.67. The van der Waals surface area contributed by atoms with Crippen molar-refractivity contribution in [3.63, 3.8) is 0 Å². The average Bonchev–Trinajstić information content (AvgIpc) is 3.26. The van der Waals surface area contributed by atoms with E-state index >= 15 is 0 Å². The Kier molecular flexibility index (Phi) is 4.56. The maximum Gasteiger partial charge on any atom is 0.227 e. The second-order valence-electron chi connectivity index (χ2n) is 6.21. The molecule has 1 fully saturated rings. The van der Waals surface area contributed by atoms with Gasteiger partial charge in [0.2, 0.25) is 11.8 Å². The summed E-state index contributed by atoms with van der Waals surface area (Å²) in [5, 5.41) is 5.86. The zero-order chi connectivity index (χ0) is 15.4. The van der Waals surface area contributed by atoms with Crippen molar-refractivity contribution >= 4 is 17.5 Å². The van der Waals surface area contributed by atoms with E-state index in [2.05, 4.69) is 22.8 Å². The summed E-state index contributed by atoms with van der Waals surface area (Å²) in [5.74, 6) is 0.831. The van der Waals surface area contributed by atoms with Crippen LogP contribution in [0.1, 0.15) is 37.7 Å². The highest BCUT2D eigenvalue weighted by molar-refractivity contribution is 5.94. The predicted octanol–water partition coefficient (Wildman–Crippen LogP) is 3.01. The maximum absolute atomic E-state index is 11.9. The number of hydrogen-bond acceptors (Lipinski definition) is 2. The number of allylic oxidation sites excluding steroid dienone is 2. The Morgan fingerprint density at radius 2 is 1.86 bits per heavy atom. The molecule has 1 aromatic carbocycles. The lowest BCUT2D eigenvalue weighted by atomic mass is 10.1. The Morgan fingerprint density at radius 3 is 2.50 bits per heavy atom. The van der Waals surface area contributed by atoms with E-state index in [0.717, 1.165) is 36.9 Å². The molecule has 2 aliphatic carbocycles. The van der Waals surface area contributed by atoms with E-state index in [-0.39, 0.29) is 17.7 Å². The van der Waals surface area contributed by atoms with E-state index in [1.54, 1.807) is 0 Å². The van der Waals surface area contributed by atoms with Crippen LogP contribution in [0.2, 0.25) is 0 Å². The number of amides is 2. The largest absolute Gasteiger partial charge is 0.352 e. The molecule has 0 saturated heterocycles. The van der Waals surface area contributed by atoms with Gasteiger partial charge in [-0.25, -0.2) is 0 Å². The molecule has 116 valence electrons. The summed E-state index contributed by atoms with van der Waals surface area (Å²) in [6, 6.07) is 7.67. The first-order valence-electron chi connectivity index (χ1n) is 8.04. The van der Waals surface area contributed by atoms with Crippen LogP contribution in [0, 0.1) is 11.8 Å². The number of carbonyl (C=O) groups excluding carboxylic acids is 2. The predicted molar refractivity (Wildman–Crippen MR) is 86.1 cm³/mol. The van der Waals surface area contributed by atoms with Gasteiger partial charge in [-0.2, -0.15) is 0 Å². The third-order valence-corrected chi connectivity index (χ3v) is 4.22. The minimum absolute atomic E-state index is 0.0997. The van der Waals surface area contributed by atoms with Crippen LogP contribution >= 0.6 is 0 Å². The highest BCUT2D eigenvalue weighted by atomic mass is 16.2. The van der Waals surface area contributed by atoms with Gasteiger partial charge in [-0.3, -0.25) is 9.59 Å². The lowest BCUT2D eigenvalue weighted by Crippen LogP contribution is -2.24. The Balaban J connectivity index is 1.43. The highest BCUT2D eigenvalue weighted by Crippen LogP contribution is 2.30. The highest BCUT2D eigenvalue weighted by Gasteiger charge is 2.29. The number of rotatable bonds is 6. The molecule has 2 amide bonds. The summed E-state index contributed by atoms with van der Waals surface area (Å²) in [4.78, 5) is 23.5. The molecule has 3 rings (SSSR count). The first kappa shape index (κ1) is 14.8. The van der Waals surface area contributed by atoms with Crippen molar-refractivity contribution in [1.29, 1.82) is 0 Å². The smallest absolute Gasteiger partial charge is 0.227 e. The molecular weight excluding hydrogens is 276 g/mol. The Labute approximate surface area is 131 Å². The number of benzene rings is 1. The number of anilines is 1. The molecule has 0 spiro atoms. The van der Waals surface area contributed by atoms with E-state index < -0.39 is 0 Å². The van der Waals surface area contributed by atoms with Crippen molar-refractivity contribution in [3.8, 4) is 0 Å². The van der Waals surface area contributed by atoms with Gasteiger partial charge in [0.05, 0.1) is 0 Å². The quantitative estimate of drug-likeness (QED) is 0.793. The van der Waals surface area contributed by atoms with Gasteiger partial charge in [-0.1, -0.05) is 24.3 Å². The minimum atomic E-state index is 0.0997. The molecule has 0 aliphatic heterocycles. The van der Waals surface area contributed by atoms with E-state index in [1.807, 2.05) is 24.3 Å². The topological polar surface area (TPSA) is 58.2 Å². The maximum atomic E-state index is 11.9. The molecule has 1 atom stereocenters. The molecule has 1 saturated carbocycles. The second-order valence-corrected chi connectivity index (χ2v) is 6.21. The zero-order valence-electron chi connectivity index (χ0n) is 12.7. The van der Waals surface area contributed by atoms with Crippen LogP contribution in [0.5, 0.6) is 0 Å². The summed E-state index contributed by atoms with van der Waals surface area (Å²) in [6.45, 7) is 0.534. The zero-order valence-corrected chi connectivity index (χ0v) is 12.7. The van der Waals surface area contributed by atoms with Crippen LogP contribution in [-0.4, -0.2) is 11.8 Å². The van der Waals surface area contributed by atoms with Crippen molar-refractivity contribution in [2.45, 2.75) is 38.6 Å². The van der Waals surface area contributed by atoms with Gasteiger partial charge in [0.25, 0.3) is 0 Å². The van der Waals surface area contributed by atoms with Gasteiger partial charge in [0, 0.05) is 24.6 Å². The third-order valence-electron chi connectivity index (χ3n) is 4.22. The molecule has 4 nitrogen and oxygen atoms in total. The van der Waals surface area contributed by atoms with E-state index in [0.29, 0.717) is 18.9 Å². The molecule has 0 bridgehead atoms. The standard InChI is InChI=1S/C18H22N2O2/c21-17(11-13-3-1-2-4-13)19-12-14-5-9-16(10-6-14)20-18(22)15-7-8-15/h1,3,5-6,9-10,13,15H,2,4,7-8,11-12H2,(H,19,21)(H,20,22)/t13-/m1/s1. The van der Waals surface area contributed by atoms with E-state index in [9.17, 15) is 9.59 Å². The summed E-state index contributed by atoms with van der Waals surface area (Å²) < 4.78 is 0. The molecule has 1 aromatic rings. The van der Waals surface area contributed by atoms with Gasteiger partial charge in [-0.05, 0) is 49.3 Å². The van der Waals surface area contributed by atoms with Crippen molar-refractivity contribution in [2.75, 3.05) is 5.32 Å². The van der Waals surface area contributed by atoms with Crippen LogP contribution in [0.25, 0.3) is 0 Å². The first-order valence-corrected chi connectivity index (χ1v) is 8.04. The number of nitrogens with one attached hydrogen (secondary N) is 2. The van der Waals surface area contributed by atoms with Crippen molar-refractivity contribution in [1.82, 2.24) is 5.32 Å². The summed E-state index contributed by atoms with van der Waals surface area (Å²) in [6.07, 6.45) is 9.04. The molecule has 0 radical (unpaired) electrons. The molecule has 2 N–H and O–H groups in total. The molecule has 2 aliphatic rings. The molecule has 0 aromatic heterocycles. The fraction of sp³-hybridized carbons (Fsp3) is 0.444. The van der Waals surface area contributed by atoms with Crippen LogP contribution in [0.3, 0.4) is 0 Å². The van der Waals surface area contributed by atoms with Crippen LogP contribution in [-0.2, 0) is 16.1 Å².